The second kappa shape index (κ2) is 4.18. The summed E-state index contributed by atoms with van der Waals surface area (Å²) in [5.74, 6) is 1.02. The number of thioether (sulfide) groups is 1. The summed E-state index contributed by atoms with van der Waals surface area (Å²) in [5.41, 5.74) is 0. The van der Waals surface area contributed by atoms with Gasteiger partial charge in [0.1, 0.15) is 6.33 Å². The lowest BCUT2D eigenvalue weighted by atomic mass is 10.5. The molecular weight excluding hydrogens is 158 g/mol. The molecule has 60 valence electrons. The summed E-state index contributed by atoms with van der Waals surface area (Å²) in [4.78, 5) is 0. The Labute approximate surface area is 70.5 Å². The lowest BCUT2D eigenvalue weighted by Crippen LogP contribution is -1.89. The van der Waals surface area contributed by atoms with E-state index in [9.17, 15) is 0 Å². The summed E-state index contributed by atoms with van der Waals surface area (Å²) in [6, 6.07) is 0. The highest BCUT2D eigenvalue weighted by molar-refractivity contribution is 7.99. The molecule has 0 radical (unpaired) electrons. The molecule has 0 saturated carbocycles. The fourth-order valence-corrected chi connectivity index (χ4v) is 1.46. The lowest BCUT2D eigenvalue weighted by molar-refractivity contribution is 0.788. The highest BCUT2D eigenvalue weighted by atomic mass is 32.2. The normalized spacial score (nSPS) is 9.91. The van der Waals surface area contributed by atoms with Gasteiger partial charge in [-0.3, -0.25) is 0 Å². The number of nitrogens with zero attached hydrogens (tertiary/aromatic N) is 3. The van der Waals surface area contributed by atoms with E-state index in [0.29, 0.717) is 0 Å². The summed E-state index contributed by atoms with van der Waals surface area (Å²) < 4.78 is 1.91. The van der Waals surface area contributed by atoms with Gasteiger partial charge in [0, 0.05) is 12.8 Å². The standard InChI is InChI=1S/C7H11N3S/c1-3-4-5-11-7-9-8-6-10(7)2/h3,6H,1,4-5H2,2H3. The number of hydrogen-bond donors (Lipinski definition) is 0. The highest BCUT2D eigenvalue weighted by Gasteiger charge is 1.98. The van der Waals surface area contributed by atoms with Crippen molar-refractivity contribution in [1.29, 1.82) is 0 Å². The monoisotopic (exact) mass is 169 g/mol. The molecule has 0 amide bonds. The molecular formula is C7H11N3S. The first-order chi connectivity index (χ1) is 5.34. The van der Waals surface area contributed by atoms with Gasteiger partial charge in [0.05, 0.1) is 0 Å². The molecule has 0 N–H and O–H groups in total. The van der Waals surface area contributed by atoms with Crippen LogP contribution in [-0.2, 0) is 7.05 Å². The Morgan fingerprint density at radius 3 is 3.18 bits per heavy atom. The third kappa shape index (κ3) is 2.38. The molecule has 0 fully saturated rings. The first-order valence-electron chi connectivity index (χ1n) is 3.42. The van der Waals surface area contributed by atoms with E-state index in [2.05, 4.69) is 16.8 Å². The topological polar surface area (TPSA) is 30.7 Å². The molecule has 1 rings (SSSR count). The minimum atomic E-state index is 0.965. The molecule has 0 aliphatic carbocycles. The summed E-state index contributed by atoms with van der Waals surface area (Å²) in [5, 5.41) is 8.66. The summed E-state index contributed by atoms with van der Waals surface area (Å²) in [7, 11) is 1.94. The molecule has 1 heterocycles. The van der Waals surface area contributed by atoms with Gasteiger partial charge in [0.2, 0.25) is 0 Å². The molecule has 0 aliphatic heterocycles. The Kier molecular flexibility index (Phi) is 3.16. The number of aryl methyl sites for hydroxylation is 1. The molecule has 0 aromatic carbocycles. The van der Waals surface area contributed by atoms with Crippen LogP contribution in [0, 0.1) is 0 Å². The van der Waals surface area contributed by atoms with E-state index in [0.717, 1.165) is 17.3 Å². The zero-order valence-corrected chi connectivity index (χ0v) is 7.34. The van der Waals surface area contributed by atoms with Gasteiger partial charge >= 0.3 is 0 Å². The van der Waals surface area contributed by atoms with E-state index in [4.69, 9.17) is 0 Å². The maximum Gasteiger partial charge on any atom is 0.190 e. The fourth-order valence-electron chi connectivity index (χ4n) is 0.637. The van der Waals surface area contributed by atoms with Crippen LogP contribution in [0.4, 0.5) is 0 Å². The summed E-state index contributed by atoms with van der Waals surface area (Å²) >= 11 is 1.70. The zero-order valence-electron chi connectivity index (χ0n) is 6.53. The van der Waals surface area contributed by atoms with Gasteiger partial charge in [-0.05, 0) is 6.42 Å². The van der Waals surface area contributed by atoms with Crippen LogP contribution >= 0.6 is 11.8 Å². The van der Waals surface area contributed by atoms with E-state index in [1.165, 1.54) is 0 Å². The summed E-state index contributed by atoms with van der Waals surface area (Å²) in [6.45, 7) is 3.65. The van der Waals surface area contributed by atoms with Gasteiger partial charge in [0.15, 0.2) is 5.16 Å². The average molecular weight is 169 g/mol. The van der Waals surface area contributed by atoms with E-state index < -0.39 is 0 Å². The molecule has 0 spiro atoms. The molecule has 0 bridgehead atoms. The Morgan fingerprint density at radius 1 is 1.82 bits per heavy atom. The molecule has 1 aromatic rings. The van der Waals surface area contributed by atoms with Crippen LogP contribution in [0.2, 0.25) is 0 Å². The highest BCUT2D eigenvalue weighted by Crippen LogP contribution is 2.13. The molecule has 11 heavy (non-hydrogen) atoms. The fraction of sp³-hybridized carbons (Fsp3) is 0.429. The van der Waals surface area contributed by atoms with Crippen molar-refractivity contribution < 1.29 is 0 Å². The van der Waals surface area contributed by atoms with Crippen molar-refractivity contribution in [2.45, 2.75) is 11.6 Å². The first kappa shape index (κ1) is 8.33. The molecule has 0 atom stereocenters. The predicted octanol–water partition coefficient (Wildman–Crippen LogP) is 1.48. The maximum absolute atomic E-state index is 3.93. The molecule has 0 unspecified atom stereocenters. The Morgan fingerprint density at radius 2 is 2.64 bits per heavy atom. The van der Waals surface area contributed by atoms with Crippen molar-refractivity contribution >= 4 is 11.8 Å². The van der Waals surface area contributed by atoms with E-state index in [-0.39, 0.29) is 0 Å². The van der Waals surface area contributed by atoms with Crippen molar-refractivity contribution in [2.75, 3.05) is 5.75 Å². The van der Waals surface area contributed by atoms with Crippen molar-refractivity contribution in [1.82, 2.24) is 14.8 Å². The van der Waals surface area contributed by atoms with Gasteiger partial charge in [0.25, 0.3) is 0 Å². The Hall–Kier alpha value is -0.770. The number of rotatable bonds is 4. The average Bonchev–Trinajstić information content (AvgIpc) is 2.37. The minimum absolute atomic E-state index is 0.965. The second-order valence-electron chi connectivity index (χ2n) is 2.15. The quantitative estimate of drug-likeness (QED) is 0.388. The lowest BCUT2D eigenvalue weighted by Gasteiger charge is -1.96. The van der Waals surface area contributed by atoms with E-state index >= 15 is 0 Å². The van der Waals surface area contributed by atoms with Crippen LogP contribution in [0.1, 0.15) is 6.42 Å². The largest absolute Gasteiger partial charge is 0.312 e. The number of hydrogen-bond acceptors (Lipinski definition) is 3. The van der Waals surface area contributed by atoms with Crippen molar-refractivity contribution in [3.63, 3.8) is 0 Å². The third-order valence-electron chi connectivity index (χ3n) is 1.22. The van der Waals surface area contributed by atoms with Crippen molar-refractivity contribution in [3.05, 3.63) is 19.0 Å². The van der Waals surface area contributed by atoms with Crippen LogP contribution in [-0.4, -0.2) is 20.5 Å². The second-order valence-corrected chi connectivity index (χ2v) is 3.21. The van der Waals surface area contributed by atoms with E-state index in [1.54, 1.807) is 18.1 Å². The van der Waals surface area contributed by atoms with Crippen molar-refractivity contribution in [2.24, 2.45) is 7.05 Å². The molecule has 0 saturated heterocycles. The molecule has 1 aromatic heterocycles. The van der Waals surface area contributed by atoms with Crippen LogP contribution in [0.25, 0.3) is 0 Å². The molecule has 3 nitrogen and oxygen atoms in total. The predicted molar refractivity (Wildman–Crippen MR) is 46.5 cm³/mol. The van der Waals surface area contributed by atoms with E-state index in [1.807, 2.05) is 17.7 Å². The number of aromatic nitrogens is 3. The Bertz CT molecular complexity index is 231. The first-order valence-corrected chi connectivity index (χ1v) is 4.41. The van der Waals surface area contributed by atoms with Gasteiger partial charge < -0.3 is 4.57 Å². The smallest absolute Gasteiger partial charge is 0.190 e. The van der Waals surface area contributed by atoms with Gasteiger partial charge in [-0.2, -0.15) is 0 Å². The van der Waals surface area contributed by atoms with Crippen LogP contribution < -0.4 is 0 Å². The van der Waals surface area contributed by atoms with Crippen LogP contribution in [0.5, 0.6) is 0 Å². The number of allylic oxidation sites excluding steroid dienone is 1. The summed E-state index contributed by atoms with van der Waals surface area (Å²) in [6.07, 6.45) is 4.62. The van der Waals surface area contributed by atoms with Gasteiger partial charge in [-0.15, -0.1) is 16.8 Å². The third-order valence-corrected chi connectivity index (χ3v) is 2.29. The van der Waals surface area contributed by atoms with Crippen LogP contribution in [0.3, 0.4) is 0 Å². The van der Waals surface area contributed by atoms with Crippen molar-refractivity contribution in [3.8, 4) is 0 Å². The van der Waals surface area contributed by atoms with Gasteiger partial charge in [-0.25, -0.2) is 0 Å². The SMILES string of the molecule is C=CCCSc1nncn1C. The minimum Gasteiger partial charge on any atom is -0.312 e. The van der Waals surface area contributed by atoms with Gasteiger partial charge in [-0.1, -0.05) is 17.8 Å². The zero-order chi connectivity index (χ0) is 8.10. The molecule has 4 heteroatoms. The Balaban J connectivity index is 2.38. The van der Waals surface area contributed by atoms with Crippen LogP contribution in [0.15, 0.2) is 24.1 Å². The molecule has 0 aliphatic rings. The maximum atomic E-state index is 3.93.